The highest BCUT2D eigenvalue weighted by Gasteiger charge is 2.19. The third-order valence-corrected chi connectivity index (χ3v) is 5.31. The fourth-order valence-electron chi connectivity index (χ4n) is 3.72. The van der Waals surface area contributed by atoms with Crippen molar-refractivity contribution in [3.63, 3.8) is 0 Å². The Balaban J connectivity index is 1.51. The molecule has 3 amide bonds. The first-order chi connectivity index (χ1) is 16.3. The number of hydrogen-bond acceptors (Lipinski definition) is 6. The van der Waals surface area contributed by atoms with Gasteiger partial charge in [0.05, 0.1) is 12.3 Å². The van der Waals surface area contributed by atoms with Gasteiger partial charge in [0, 0.05) is 24.4 Å². The number of rotatable bonds is 8. The van der Waals surface area contributed by atoms with Gasteiger partial charge in [-0.05, 0) is 56.9 Å². The molecule has 0 aliphatic carbocycles. The molecule has 0 unspecified atom stereocenters. The summed E-state index contributed by atoms with van der Waals surface area (Å²) in [4.78, 5) is 36.2. The Morgan fingerprint density at radius 1 is 1.12 bits per heavy atom. The number of para-hydroxylation sites is 1. The number of carbonyl (C=O) groups is 3. The van der Waals surface area contributed by atoms with Crippen molar-refractivity contribution < 1.29 is 23.9 Å². The molecule has 34 heavy (non-hydrogen) atoms. The van der Waals surface area contributed by atoms with Gasteiger partial charge in [-0.15, -0.1) is 0 Å². The summed E-state index contributed by atoms with van der Waals surface area (Å²) in [5.74, 6) is -1.54. The van der Waals surface area contributed by atoms with Crippen LogP contribution in [0, 0.1) is 20.8 Å². The Kier molecular flexibility index (Phi) is 8.75. The standard InChI is InChI=1S/C25H30N4O5/c1-16-11-17(2)23(18(3)12-16)28-22(30)15-34-21-9-5-4-7-19(21)13-27-29-25(32)24(31)26-14-20-8-6-10-33-20/h4-5,7,9,11-13,20H,6,8,10,14-15H2,1-3H3,(H,26,31)(H,28,30)(H,29,32)/b27-13-/t20-/m0/s1. The molecule has 1 atom stereocenters. The molecular formula is C25H30N4O5. The summed E-state index contributed by atoms with van der Waals surface area (Å²) in [5.41, 5.74) is 6.59. The summed E-state index contributed by atoms with van der Waals surface area (Å²) in [5, 5.41) is 9.25. The van der Waals surface area contributed by atoms with Crippen LogP contribution in [0.4, 0.5) is 5.69 Å². The van der Waals surface area contributed by atoms with Crippen molar-refractivity contribution in [2.24, 2.45) is 5.10 Å². The zero-order chi connectivity index (χ0) is 24.5. The molecular weight excluding hydrogens is 436 g/mol. The highest BCUT2D eigenvalue weighted by atomic mass is 16.5. The molecule has 0 bridgehead atoms. The Labute approximate surface area is 198 Å². The van der Waals surface area contributed by atoms with E-state index in [2.05, 4.69) is 21.2 Å². The molecule has 1 aliphatic heterocycles. The van der Waals surface area contributed by atoms with Crippen molar-refractivity contribution in [2.45, 2.75) is 39.7 Å². The van der Waals surface area contributed by atoms with E-state index >= 15 is 0 Å². The number of amides is 3. The van der Waals surface area contributed by atoms with Crippen LogP contribution in [0.1, 0.15) is 35.1 Å². The fourth-order valence-corrected chi connectivity index (χ4v) is 3.72. The maximum absolute atomic E-state index is 12.4. The van der Waals surface area contributed by atoms with Gasteiger partial charge in [-0.2, -0.15) is 5.10 Å². The highest BCUT2D eigenvalue weighted by molar-refractivity contribution is 6.35. The van der Waals surface area contributed by atoms with Gasteiger partial charge >= 0.3 is 11.8 Å². The lowest BCUT2D eigenvalue weighted by Crippen LogP contribution is -2.41. The van der Waals surface area contributed by atoms with Crippen molar-refractivity contribution in [1.29, 1.82) is 0 Å². The van der Waals surface area contributed by atoms with Crippen LogP contribution in [0.15, 0.2) is 41.5 Å². The van der Waals surface area contributed by atoms with Gasteiger partial charge in [-0.1, -0.05) is 29.8 Å². The molecule has 3 rings (SSSR count). The number of nitrogens with one attached hydrogen (secondary N) is 3. The minimum atomic E-state index is -0.879. The van der Waals surface area contributed by atoms with Gasteiger partial charge in [0.15, 0.2) is 6.61 Å². The molecule has 1 saturated heterocycles. The number of carbonyl (C=O) groups excluding carboxylic acids is 3. The average molecular weight is 467 g/mol. The topological polar surface area (TPSA) is 118 Å². The van der Waals surface area contributed by atoms with Gasteiger partial charge in [0.2, 0.25) is 0 Å². The number of benzene rings is 2. The molecule has 3 N–H and O–H groups in total. The molecule has 2 aromatic rings. The Hall–Kier alpha value is -3.72. The summed E-state index contributed by atoms with van der Waals surface area (Å²) in [6.45, 7) is 6.66. The van der Waals surface area contributed by atoms with Crippen LogP contribution in [0.5, 0.6) is 5.75 Å². The minimum absolute atomic E-state index is 0.0553. The molecule has 0 saturated carbocycles. The minimum Gasteiger partial charge on any atom is -0.483 e. The smallest absolute Gasteiger partial charge is 0.329 e. The average Bonchev–Trinajstić information content (AvgIpc) is 3.32. The third kappa shape index (κ3) is 7.14. The molecule has 1 fully saturated rings. The van der Waals surface area contributed by atoms with E-state index in [0.29, 0.717) is 17.9 Å². The van der Waals surface area contributed by atoms with E-state index in [-0.39, 0.29) is 25.2 Å². The first-order valence-electron chi connectivity index (χ1n) is 11.2. The van der Waals surface area contributed by atoms with Gasteiger partial charge in [0.1, 0.15) is 5.75 Å². The number of aryl methyl sites for hydroxylation is 3. The maximum atomic E-state index is 12.4. The lowest BCUT2D eigenvalue weighted by Gasteiger charge is -2.14. The molecule has 0 aromatic heterocycles. The van der Waals surface area contributed by atoms with Crippen molar-refractivity contribution in [3.8, 4) is 5.75 Å². The zero-order valence-corrected chi connectivity index (χ0v) is 19.6. The number of nitrogens with zero attached hydrogens (tertiary/aromatic N) is 1. The van der Waals surface area contributed by atoms with Crippen LogP contribution in [0.25, 0.3) is 0 Å². The van der Waals surface area contributed by atoms with Gasteiger partial charge < -0.3 is 20.1 Å². The normalized spacial score (nSPS) is 15.2. The fraction of sp³-hybridized carbons (Fsp3) is 0.360. The predicted molar refractivity (Wildman–Crippen MR) is 129 cm³/mol. The Bertz CT molecular complexity index is 1050. The number of hydrazone groups is 1. The van der Waals surface area contributed by atoms with Crippen LogP contribution in [-0.4, -0.2) is 49.8 Å². The number of anilines is 1. The van der Waals surface area contributed by atoms with Gasteiger partial charge in [0.25, 0.3) is 5.91 Å². The van der Waals surface area contributed by atoms with Crippen molar-refractivity contribution in [2.75, 3.05) is 25.1 Å². The van der Waals surface area contributed by atoms with Gasteiger partial charge in [-0.25, -0.2) is 5.43 Å². The van der Waals surface area contributed by atoms with E-state index in [9.17, 15) is 14.4 Å². The molecule has 9 heteroatoms. The first kappa shape index (κ1) is 24.9. The molecule has 2 aromatic carbocycles. The van der Waals surface area contributed by atoms with Crippen molar-refractivity contribution in [1.82, 2.24) is 10.7 Å². The molecule has 1 heterocycles. The summed E-state index contributed by atoms with van der Waals surface area (Å²) in [6.07, 6.45) is 3.11. The van der Waals surface area contributed by atoms with E-state index < -0.39 is 11.8 Å². The Morgan fingerprint density at radius 2 is 1.85 bits per heavy atom. The molecule has 9 nitrogen and oxygen atoms in total. The lowest BCUT2D eigenvalue weighted by molar-refractivity contribution is -0.139. The predicted octanol–water partition coefficient (Wildman–Crippen LogP) is 2.37. The van der Waals surface area contributed by atoms with E-state index in [4.69, 9.17) is 9.47 Å². The van der Waals surface area contributed by atoms with Crippen LogP contribution in [0.2, 0.25) is 0 Å². The summed E-state index contributed by atoms with van der Waals surface area (Å²) < 4.78 is 11.1. The van der Waals surface area contributed by atoms with E-state index in [1.54, 1.807) is 24.3 Å². The third-order valence-electron chi connectivity index (χ3n) is 5.31. The number of ether oxygens (including phenoxy) is 2. The van der Waals surface area contributed by atoms with Crippen LogP contribution < -0.4 is 20.8 Å². The molecule has 1 aliphatic rings. The molecule has 180 valence electrons. The molecule has 0 spiro atoms. The van der Waals surface area contributed by atoms with E-state index in [0.717, 1.165) is 35.2 Å². The second kappa shape index (κ2) is 11.9. The monoisotopic (exact) mass is 466 g/mol. The SMILES string of the molecule is Cc1cc(C)c(NC(=O)COc2ccccc2/C=N\NC(=O)C(=O)NC[C@@H]2CCCO2)c(C)c1. The van der Waals surface area contributed by atoms with Crippen LogP contribution in [-0.2, 0) is 19.1 Å². The summed E-state index contributed by atoms with van der Waals surface area (Å²) in [7, 11) is 0. The van der Waals surface area contributed by atoms with Crippen LogP contribution >= 0.6 is 0 Å². The van der Waals surface area contributed by atoms with Crippen molar-refractivity contribution >= 4 is 29.6 Å². The second-order valence-electron chi connectivity index (χ2n) is 8.19. The highest BCUT2D eigenvalue weighted by Crippen LogP contribution is 2.22. The van der Waals surface area contributed by atoms with E-state index in [1.165, 1.54) is 6.21 Å². The first-order valence-corrected chi connectivity index (χ1v) is 11.2. The largest absolute Gasteiger partial charge is 0.483 e. The zero-order valence-electron chi connectivity index (χ0n) is 19.6. The van der Waals surface area contributed by atoms with Gasteiger partial charge in [-0.3, -0.25) is 14.4 Å². The lowest BCUT2D eigenvalue weighted by atomic mass is 10.1. The Morgan fingerprint density at radius 3 is 2.56 bits per heavy atom. The van der Waals surface area contributed by atoms with E-state index in [1.807, 2.05) is 32.9 Å². The van der Waals surface area contributed by atoms with Crippen LogP contribution in [0.3, 0.4) is 0 Å². The number of hydrogen-bond donors (Lipinski definition) is 3. The van der Waals surface area contributed by atoms with Crippen molar-refractivity contribution in [3.05, 3.63) is 58.7 Å². The summed E-state index contributed by atoms with van der Waals surface area (Å²) in [6, 6.07) is 10.9. The second-order valence-corrected chi connectivity index (χ2v) is 8.19. The summed E-state index contributed by atoms with van der Waals surface area (Å²) >= 11 is 0. The quantitative estimate of drug-likeness (QED) is 0.314. The molecule has 0 radical (unpaired) electrons. The maximum Gasteiger partial charge on any atom is 0.329 e.